The highest BCUT2D eigenvalue weighted by atomic mass is 16.5. The Morgan fingerprint density at radius 3 is 1.51 bits per heavy atom. The number of hydrogen-bond acceptors (Lipinski definition) is 11. The molecule has 0 saturated heterocycles. The smallest absolute Gasteiger partial charge is 0.407 e. The lowest BCUT2D eigenvalue weighted by atomic mass is 10.1. The minimum atomic E-state index is -1.09. The van der Waals surface area contributed by atoms with Gasteiger partial charge in [0.15, 0.2) is 0 Å². The minimum Gasteiger partial charge on any atom is -0.453 e. The van der Waals surface area contributed by atoms with Gasteiger partial charge < -0.3 is 36.1 Å². The number of nitrogens with one attached hydrogen (secondary N) is 5. The maximum Gasteiger partial charge on any atom is 0.407 e. The van der Waals surface area contributed by atoms with Crippen molar-refractivity contribution in [3.05, 3.63) is 24.3 Å². The second-order valence-corrected chi connectivity index (χ2v) is 10.4. The molecule has 0 aromatic carbocycles. The summed E-state index contributed by atoms with van der Waals surface area (Å²) in [4.78, 5) is 111. The maximum absolute atomic E-state index is 13.2. The Morgan fingerprint density at radius 2 is 1.06 bits per heavy atom. The SMILES string of the molecule is COC(=O)NCCCCC(NC(=O)OC)C(=O)NC(CC(=O)NCCCN1C(=O)C=CC1=O)CC(=O)NCCCN1C(=O)C=CC1=O. The van der Waals surface area contributed by atoms with Crippen LogP contribution in [0.2, 0.25) is 0 Å². The van der Waals surface area contributed by atoms with E-state index in [9.17, 15) is 43.2 Å². The second-order valence-electron chi connectivity index (χ2n) is 10.4. The van der Waals surface area contributed by atoms with Crippen molar-refractivity contribution in [2.75, 3.05) is 46.9 Å². The van der Waals surface area contributed by atoms with Crippen LogP contribution in [0.4, 0.5) is 9.59 Å². The molecule has 2 aliphatic rings. The van der Waals surface area contributed by atoms with Crippen LogP contribution in [0.25, 0.3) is 0 Å². The number of alkyl carbamates (subject to hydrolysis) is 2. The Labute approximate surface area is 271 Å². The van der Waals surface area contributed by atoms with Crippen LogP contribution >= 0.6 is 0 Å². The summed E-state index contributed by atoms with van der Waals surface area (Å²) in [5.74, 6) is -3.50. The number of imide groups is 2. The highest BCUT2D eigenvalue weighted by Crippen LogP contribution is 2.08. The summed E-state index contributed by atoms with van der Waals surface area (Å²) in [7, 11) is 2.35. The normalized spacial score (nSPS) is 14.4. The summed E-state index contributed by atoms with van der Waals surface area (Å²) in [6, 6.07) is -2.11. The molecule has 0 fully saturated rings. The summed E-state index contributed by atoms with van der Waals surface area (Å²) in [6.07, 6.45) is 4.03. The van der Waals surface area contributed by atoms with Crippen molar-refractivity contribution >= 4 is 53.5 Å². The van der Waals surface area contributed by atoms with E-state index in [2.05, 4.69) is 36.1 Å². The number of carbonyl (C=O) groups is 9. The van der Waals surface area contributed by atoms with Crippen molar-refractivity contribution in [2.24, 2.45) is 0 Å². The van der Waals surface area contributed by atoms with E-state index in [4.69, 9.17) is 0 Å². The summed E-state index contributed by atoms with van der Waals surface area (Å²) in [6.45, 7) is 0.660. The molecule has 0 saturated carbocycles. The van der Waals surface area contributed by atoms with Crippen LogP contribution in [-0.4, -0.2) is 122 Å². The maximum atomic E-state index is 13.2. The van der Waals surface area contributed by atoms with Crippen molar-refractivity contribution in [3.8, 4) is 0 Å². The molecule has 0 aromatic rings. The molecule has 9 amide bonds. The number of unbranched alkanes of at least 4 members (excludes halogenated alkanes) is 1. The molecule has 0 aromatic heterocycles. The van der Waals surface area contributed by atoms with Gasteiger partial charge in [-0.15, -0.1) is 0 Å². The van der Waals surface area contributed by atoms with E-state index in [1.807, 2.05) is 0 Å². The van der Waals surface area contributed by atoms with Gasteiger partial charge in [-0.05, 0) is 32.1 Å². The van der Waals surface area contributed by atoms with Crippen LogP contribution < -0.4 is 26.6 Å². The van der Waals surface area contributed by atoms with Crippen molar-refractivity contribution in [2.45, 2.75) is 57.0 Å². The zero-order valence-electron chi connectivity index (χ0n) is 26.3. The number of rotatable bonds is 20. The molecule has 0 aliphatic carbocycles. The molecule has 5 N–H and O–H groups in total. The van der Waals surface area contributed by atoms with Crippen LogP contribution in [0.3, 0.4) is 0 Å². The molecule has 1 atom stereocenters. The monoisotopic (exact) mass is 663 g/mol. The fourth-order valence-electron chi connectivity index (χ4n) is 4.51. The number of amides is 9. The standard InChI is InChI=1S/C29H41N7O11/c1-46-28(44)32-12-4-3-7-20(34-29(45)47-2)27(43)33-19(17-21(37)30-13-5-15-35-23(39)8-9-24(35)40)18-22(38)31-14-6-16-36-25(41)10-11-26(36)42/h8-11,19-20H,3-7,12-18H2,1-2H3,(H,30,37)(H,31,38)(H,32,44)(H,33,43)(H,34,45). The highest BCUT2D eigenvalue weighted by Gasteiger charge is 2.27. The number of carbonyl (C=O) groups excluding carboxylic acids is 9. The van der Waals surface area contributed by atoms with E-state index >= 15 is 0 Å². The van der Waals surface area contributed by atoms with Crippen LogP contribution in [0.15, 0.2) is 24.3 Å². The zero-order chi connectivity index (χ0) is 34.8. The lowest BCUT2D eigenvalue weighted by Gasteiger charge is -2.23. The first-order valence-corrected chi connectivity index (χ1v) is 15.0. The summed E-state index contributed by atoms with van der Waals surface area (Å²) in [5, 5.41) is 12.8. The Balaban J connectivity index is 1.96. The first-order chi connectivity index (χ1) is 22.4. The van der Waals surface area contributed by atoms with E-state index in [-0.39, 0.29) is 64.8 Å². The zero-order valence-corrected chi connectivity index (χ0v) is 26.3. The van der Waals surface area contributed by atoms with Gasteiger partial charge in [0, 0.05) is 75.9 Å². The van der Waals surface area contributed by atoms with Crippen molar-refractivity contribution in [1.29, 1.82) is 0 Å². The van der Waals surface area contributed by atoms with E-state index in [0.29, 0.717) is 12.8 Å². The number of ether oxygens (including phenoxy) is 2. The molecule has 47 heavy (non-hydrogen) atoms. The number of hydrogen-bond donors (Lipinski definition) is 5. The number of methoxy groups -OCH3 is 2. The summed E-state index contributed by atoms with van der Waals surface area (Å²) < 4.78 is 9.12. The van der Waals surface area contributed by atoms with Gasteiger partial charge in [-0.2, -0.15) is 0 Å². The van der Waals surface area contributed by atoms with Crippen LogP contribution in [0.5, 0.6) is 0 Å². The van der Waals surface area contributed by atoms with Gasteiger partial charge in [-0.3, -0.25) is 43.4 Å². The Kier molecular flexibility index (Phi) is 16.1. The third-order valence-corrected chi connectivity index (χ3v) is 6.94. The molecule has 0 bridgehead atoms. The fourth-order valence-corrected chi connectivity index (χ4v) is 4.51. The molecule has 258 valence electrons. The molecule has 18 heteroatoms. The average Bonchev–Trinajstić information content (AvgIpc) is 3.53. The van der Waals surface area contributed by atoms with E-state index in [0.717, 1.165) is 41.2 Å². The second kappa shape index (κ2) is 20.0. The summed E-state index contributed by atoms with van der Waals surface area (Å²) in [5.41, 5.74) is 0. The predicted octanol–water partition coefficient (Wildman–Crippen LogP) is -1.64. The van der Waals surface area contributed by atoms with Gasteiger partial charge in [-0.25, -0.2) is 9.59 Å². The highest BCUT2D eigenvalue weighted by molar-refractivity contribution is 6.13. The van der Waals surface area contributed by atoms with E-state index in [1.165, 1.54) is 7.11 Å². The minimum absolute atomic E-state index is 0.0915. The van der Waals surface area contributed by atoms with Gasteiger partial charge in [0.2, 0.25) is 17.7 Å². The van der Waals surface area contributed by atoms with Gasteiger partial charge in [0.05, 0.1) is 14.2 Å². The van der Waals surface area contributed by atoms with Gasteiger partial charge in [0.25, 0.3) is 23.6 Å². The first kappa shape index (κ1) is 37.9. The Hall–Kier alpha value is -5.29. The largest absolute Gasteiger partial charge is 0.453 e. The molecular weight excluding hydrogens is 622 g/mol. The molecular formula is C29H41N7O11. The Morgan fingerprint density at radius 1 is 0.617 bits per heavy atom. The van der Waals surface area contributed by atoms with Gasteiger partial charge in [0.1, 0.15) is 6.04 Å². The molecule has 1 unspecified atom stereocenters. The molecule has 2 aliphatic heterocycles. The first-order valence-electron chi connectivity index (χ1n) is 15.0. The van der Waals surface area contributed by atoms with Gasteiger partial charge >= 0.3 is 12.2 Å². The molecule has 18 nitrogen and oxygen atoms in total. The summed E-state index contributed by atoms with van der Waals surface area (Å²) >= 11 is 0. The average molecular weight is 664 g/mol. The quantitative estimate of drug-likeness (QED) is 0.0732. The Bertz CT molecular complexity index is 1170. The molecule has 0 radical (unpaired) electrons. The molecule has 0 spiro atoms. The lowest BCUT2D eigenvalue weighted by Crippen LogP contribution is -2.51. The molecule has 2 rings (SSSR count). The van der Waals surface area contributed by atoms with E-state index < -0.39 is 65.6 Å². The van der Waals surface area contributed by atoms with Crippen LogP contribution in [-0.2, 0) is 43.0 Å². The van der Waals surface area contributed by atoms with Gasteiger partial charge in [-0.1, -0.05) is 0 Å². The lowest BCUT2D eigenvalue weighted by molar-refractivity contribution is -0.138. The van der Waals surface area contributed by atoms with Crippen molar-refractivity contribution in [3.63, 3.8) is 0 Å². The van der Waals surface area contributed by atoms with Crippen molar-refractivity contribution in [1.82, 2.24) is 36.4 Å². The predicted molar refractivity (Wildman–Crippen MR) is 162 cm³/mol. The fraction of sp³-hybridized carbons (Fsp3) is 0.552. The topological polar surface area (TPSA) is 239 Å². The van der Waals surface area contributed by atoms with Crippen molar-refractivity contribution < 1.29 is 52.6 Å². The third kappa shape index (κ3) is 13.7. The number of nitrogens with zero attached hydrogens (tertiary/aromatic N) is 2. The van der Waals surface area contributed by atoms with E-state index in [1.54, 1.807) is 0 Å². The molecule has 2 heterocycles. The van der Waals surface area contributed by atoms with Crippen LogP contribution in [0.1, 0.15) is 44.9 Å². The van der Waals surface area contributed by atoms with Crippen LogP contribution in [0, 0.1) is 0 Å². The third-order valence-electron chi connectivity index (χ3n) is 6.94.